The van der Waals surface area contributed by atoms with E-state index in [0.717, 1.165) is 13.1 Å². The largest absolute Gasteiger partial charge is 0.359 e. The topological polar surface area (TPSA) is 35.8 Å². The van der Waals surface area contributed by atoms with Gasteiger partial charge in [0.2, 0.25) is 6.35 Å². The first-order valence-electron chi connectivity index (χ1n) is 3.72. The van der Waals surface area contributed by atoms with Gasteiger partial charge in [0.1, 0.15) is 0 Å². The quantitative estimate of drug-likeness (QED) is 0.568. The summed E-state index contributed by atoms with van der Waals surface area (Å²) in [4.78, 5) is 5.48. The van der Waals surface area contributed by atoms with E-state index in [1.807, 2.05) is 4.90 Å². The third-order valence-corrected chi connectivity index (χ3v) is 1.88. The second kappa shape index (κ2) is 3.68. The number of aliphatic hydroxyl groups is 1. The average Bonchev–Trinajstić information content (AvgIpc) is 2.05. The number of aliphatic imine (C=N–C) groups is 1. The molecule has 0 amide bonds. The van der Waals surface area contributed by atoms with Crippen molar-refractivity contribution in [1.29, 1.82) is 0 Å². The number of likely N-dealkylation sites (tertiary alicyclic amines) is 1. The minimum Gasteiger partial charge on any atom is -0.359 e. The Labute approximate surface area is 61.4 Å². The average molecular weight is 142 g/mol. The lowest BCUT2D eigenvalue weighted by molar-refractivity contribution is 0.000122. The fraction of sp³-hybridized carbons (Fsp3) is 0.857. The van der Waals surface area contributed by atoms with Gasteiger partial charge in [-0.2, -0.15) is 0 Å². The van der Waals surface area contributed by atoms with E-state index in [0.29, 0.717) is 0 Å². The minimum absolute atomic E-state index is 0.666. The van der Waals surface area contributed by atoms with Crippen LogP contribution in [-0.2, 0) is 0 Å². The highest BCUT2D eigenvalue weighted by atomic mass is 16.3. The molecule has 1 rings (SSSR count). The van der Waals surface area contributed by atoms with Crippen molar-refractivity contribution in [1.82, 2.24) is 4.90 Å². The van der Waals surface area contributed by atoms with Gasteiger partial charge in [-0.05, 0) is 19.6 Å². The first-order chi connectivity index (χ1) is 4.84. The third-order valence-electron chi connectivity index (χ3n) is 1.88. The van der Waals surface area contributed by atoms with E-state index in [1.165, 1.54) is 19.3 Å². The van der Waals surface area contributed by atoms with Gasteiger partial charge < -0.3 is 5.11 Å². The van der Waals surface area contributed by atoms with E-state index in [2.05, 4.69) is 11.7 Å². The molecule has 0 aromatic rings. The Morgan fingerprint density at radius 1 is 1.30 bits per heavy atom. The Balaban J connectivity index is 2.30. The summed E-state index contributed by atoms with van der Waals surface area (Å²) in [6, 6.07) is 0. The predicted octanol–water partition coefficient (Wildman–Crippen LogP) is 0.449. The smallest absolute Gasteiger partial charge is 0.203 e. The Hall–Kier alpha value is -0.410. The monoisotopic (exact) mass is 142 g/mol. The van der Waals surface area contributed by atoms with Crippen molar-refractivity contribution in [2.75, 3.05) is 13.1 Å². The Bertz CT molecular complexity index is 110. The van der Waals surface area contributed by atoms with Crippen LogP contribution >= 0.6 is 0 Å². The lowest BCUT2D eigenvalue weighted by Crippen LogP contribution is -2.37. The van der Waals surface area contributed by atoms with Crippen molar-refractivity contribution in [2.45, 2.75) is 25.6 Å². The molecule has 1 fully saturated rings. The lowest BCUT2D eigenvalue weighted by atomic mass is 10.1. The fourth-order valence-corrected chi connectivity index (χ4v) is 1.26. The molecule has 1 atom stereocenters. The molecule has 1 aliphatic rings. The molecule has 10 heavy (non-hydrogen) atoms. The van der Waals surface area contributed by atoms with Gasteiger partial charge in [0.05, 0.1) is 0 Å². The van der Waals surface area contributed by atoms with E-state index in [1.54, 1.807) is 0 Å². The molecule has 0 bridgehead atoms. The van der Waals surface area contributed by atoms with Gasteiger partial charge >= 0.3 is 0 Å². The van der Waals surface area contributed by atoms with E-state index in [-0.39, 0.29) is 0 Å². The number of hydrogen-bond donors (Lipinski definition) is 1. The van der Waals surface area contributed by atoms with Crippen LogP contribution in [0.1, 0.15) is 19.3 Å². The van der Waals surface area contributed by atoms with Crippen LogP contribution in [0.15, 0.2) is 4.99 Å². The standard InChI is InChI=1S/C7H14N2O/c1-8-7(10)9-5-3-2-4-6-9/h7,10H,1-6H2. The summed E-state index contributed by atoms with van der Waals surface area (Å²) in [6.45, 7) is 5.21. The van der Waals surface area contributed by atoms with Crippen molar-refractivity contribution in [3.05, 3.63) is 0 Å². The van der Waals surface area contributed by atoms with Gasteiger partial charge in [0.25, 0.3) is 0 Å². The van der Waals surface area contributed by atoms with Crippen LogP contribution in [0.5, 0.6) is 0 Å². The third kappa shape index (κ3) is 1.78. The van der Waals surface area contributed by atoms with Gasteiger partial charge in [-0.15, -0.1) is 0 Å². The van der Waals surface area contributed by atoms with Crippen LogP contribution in [0.2, 0.25) is 0 Å². The minimum atomic E-state index is -0.666. The molecular formula is C7H14N2O. The highest BCUT2D eigenvalue weighted by Crippen LogP contribution is 2.10. The maximum absolute atomic E-state index is 9.18. The number of aliphatic hydroxyl groups excluding tert-OH is 1. The van der Waals surface area contributed by atoms with Gasteiger partial charge in [-0.25, -0.2) is 0 Å². The summed E-state index contributed by atoms with van der Waals surface area (Å²) in [5, 5.41) is 9.18. The first-order valence-corrected chi connectivity index (χ1v) is 3.72. The van der Waals surface area contributed by atoms with Gasteiger partial charge in [0.15, 0.2) is 0 Å². The van der Waals surface area contributed by atoms with Crippen LogP contribution in [0.3, 0.4) is 0 Å². The molecule has 0 saturated carbocycles. The molecule has 1 N–H and O–H groups in total. The maximum atomic E-state index is 9.18. The predicted molar refractivity (Wildman–Crippen MR) is 41.0 cm³/mol. The highest BCUT2D eigenvalue weighted by molar-refractivity contribution is 5.23. The van der Waals surface area contributed by atoms with Crippen LogP contribution in [-0.4, -0.2) is 36.2 Å². The van der Waals surface area contributed by atoms with E-state index in [4.69, 9.17) is 0 Å². The summed E-state index contributed by atoms with van der Waals surface area (Å²) >= 11 is 0. The van der Waals surface area contributed by atoms with E-state index < -0.39 is 6.35 Å². The van der Waals surface area contributed by atoms with Crippen LogP contribution in [0, 0.1) is 0 Å². The molecule has 0 aliphatic carbocycles. The molecule has 3 nitrogen and oxygen atoms in total. The van der Waals surface area contributed by atoms with Gasteiger partial charge in [0, 0.05) is 13.1 Å². The summed E-state index contributed by atoms with van der Waals surface area (Å²) < 4.78 is 0. The van der Waals surface area contributed by atoms with Crippen molar-refractivity contribution < 1.29 is 5.11 Å². The van der Waals surface area contributed by atoms with Gasteiger partial charge in [-0.1, -0.05) is 6.42 Å². The number of hydrogen-bond acceptors (Lipinski definition) is 3. The SMILES string of the molecule is C=NC(O)N1CCCCC1. The number of piperidine rings is 1. The normalized spacial score (nSPS) is 24.1. The van der Waals surface area contributed by atoms with E-state index >= 15 is 0 Å². The second-order valence-electron chi connectivity index (χ2n) is 2.63. The molecule has 0 radical (unpaired) electrons. The lowest BCUT2D eigenvalue weighted by Gasteiger charge is -2.28. The molecule has 0 spiro atoms. The van der Waals surface area contributed by atoms with Crippen molar-refractivity contribution in [3.63, 3.8) is 0 Å². The summed E-state index contributed by atoms with van der Waals surface area (Å²) in [7, 11) is 0. The highest BCUT2D eigenvalue weighted by Gasteiger charge is 2.15. The van der Waals surface area contributed by atoms with Crippen LogP contribution in [0.25, 0.3) is 0 Å². The molecule has 1 unspecified atom stereocenters. The van der Waals surface area contributed by atoms with E-state index in [9.17, 15) is 5.11 Å². The van der Waals surface area contributed by atoms with Gasteiger partial charge in [-0.3, -0.25) is 9.89 Å². The maximum Gasteiger partial charge on any atom is 0.203 e. The summed E-state index contributed by atoms with van der Waals surface area (Å²) in [5.74, 6) is 0. The molecule has 58 valence electrons. The van der Waals surface area contributed by atoms with Crippen LogP contribution < -0.4 is 0 Å². The van der Waals surface area contributed by atoms with Crippen molar-refractivity contribution >= 4 is 6.72 Å². The Kier molecular flexibility index (Phi) is 2.83. The first kappa shape index (κ1) is 7.69. The summed E-state index contributed by atoms with van der Waals surface area (Å²) in [5.41, 5.74) is 0. The summed E-state index contributed by atoms with van der Waals surface area (Å²) in [6.07, 6.45) is 2.96. The zero-order valence-corrected chi connectivity index (χ0v) is 6.16. The zero-order chi connectivity index (χ0) is 7.40. The molecular weight excluding hydrogens is 128 g/mol. The van der Waals surface area contributed by atoms with Crippen molar-refractivity contribution in [2.24, 2.45) is 4.99 Å². The number of nitrogens with zero attached hydrogens (tertiary/aromatic N) is 2. The molecule has 3 heteroatoms. The Morgan fingerprint density at radius 3 is 2.40 bits per heavy atom. The molecule has 1 saturated heterocycles. The Morgan fingerprint density at radius 2 is 1.90 bits per heavy atom. The number of rotatable bonds is 2. The second-order valence-corrected chi connectivity index (χ2v) is 2.63. The molecule has 1 heterocycles. The fourth-order valence-electron chi connectivity index (χ4n) is 1.26. The zero-order valence-electron chi connectivity index (χ0n) is 6.16. The van der Waals surface area contributed by atoms with Crippen LogP contribution in [0.4, 0.5) is 0 Å². The molecule has 0 aromatic carbocycles. The van der Waals surface area contributed by atoms with Crippen molar-refractivity contribution in [3.8, 4) is 0 Å². The molecule has 0 aromatic heterocycles. The molecule has 1 aliphatic heterocycles.